The number of ether oxygens (including phenoxy) is 2. The highest BCUT2D eigenvalue weighted by Gasteiger charge is 2.32. The van der Waals surface area contributed by atoms with Gasteiger partial charge in [0, 0.05) is 43.7 Å². The van der Waals surface area contributed by atoms with Gasteiger partial charge in [0.1, 0.15) is 11.4 Å². The number of aliphatic hydroxyl groups excluding tert-OH is 1. The highest BCUT2D eigenvalue weighted by atomic mass is 32.2. The molecule has 3 amide bonds. The SMILES string of the molecule is Cc1noc(C)c1S(=O)(=O)Nc1ccc2c(c1)C(=O)N([C@H](C)CO)C[C@H](C)[C@@H](CN(C)C(=O)Nc1cccc3ccccc13)OCCCC[C@@H](C)O2. The Labute approximate surface area is 305 Å². The number of benzene rings is 3. The Morgan fingerprint density at radius 1 is 1.10 bits per heavy atom. The molecule has 1 aromatic heterocycles. The van der Waals surface area contributed by atoms with E-state index in [9.17, 15) is 23.1 Å². The van der Waals surface area contributed by atoms with E-state index in [0.717, 1.165) is 23.6 Å². The van der Waals surface area contributed by atoms with Crippen LogP contribution in [0.4, 0.5) is 16.2 Å². The molecule has 0 saturated carbocycles. The van der Waals surface area contributed by atoms with E-state index in [4.69, 9.17) is 14.0 Å². The van der Waals surface area contributed by atoms with E-state index in [1.54, 1.807) is 35.9 Å². The number of sulfonamides is 1. The molecule has 14 heteroatoms. The number of likely N-dealkylation sites (N-methyl/N-ethyl adjacent to an activating group) is 1. The molecule has 0 radical (unpaired) electrons. The molecule has 4 aromatic rings. The molecule has 0 bridgehead atoms. The Bertz CT molecular complexity index is 1960. The van der Waals surface area contributed by atoms with Gasteiger partial charge in [0.2, 0.25) is 0 Å². The summed E-state index contributed by atoms with van der Waals surface area (Å²) >= 11 is 0. The van der Waals surface area contributed by atoms with E-state index in [1.165, 1.54) is 19.9 Å². The summed E-state index contributed by atoms with van der Waals surface area (Å²) in [6.07, 6.45) is 1.52. The molecule has 280 valence electrons. The minimum atomic E-state index is -4.10. The number of hydrogen-bond donors (Lipinski definition) is 3. The second-order valence-electron chi connectivity index (χ2n) is 13.6. The van der Waals surface area contributed by atoms with Crippen molar-refractivity contribution >= 4 is 44.1 Å². The van der Waals surface area contributed by atoms with Gasteiger partial charge in [0.25, 0.3) is 15.9 Å². The summed E-state index contributed by atoms with van der Waals surface area (Å²) in [5.41, 5.74) is 1.20. The molecule has 0 unspecified atom stereocenters. The second-order valence-corrected chi connectivity index (χ2v) is 15.2. The maximum Gasteiger partial charge on any atom is 0.321 e. The first-order valence-electron chi connectivity index (χ1n) is 17.6. The third-order valence-corrected chi connectivity index (χ3v) is 11.0. The van der Waals surface area contributed by atoms with Crippen molar-refractivity contribution < 1.29 is 37.1 Å². The molecule has 0 saturated heterocycles. The van der Waals surface area contributed by atoms with Crippen molar-refractivity contribution in [2.45, 2.75) is 77.0 Å². The highest BCUT2D eigenvalue weighted by Crippen LogP contribution is 2.31. The fourth-order valence-electron chi connectivity index (χ4n) is 6.41. The smallest absolute Gasteiger partial charge is 0.321 e. The summed E-state index contributed by atoms with van der Waals surface area (Å²) < 4.78 is 47.0. The van der Waals surface area contributed by atoms with Gasteiger partial charge in [0.05, 0.1) is 36.1 Å². The average molecular weight is 736 g/mol. The van der Waals surface area contributed by atoms with Crippen LogP contribution < -0.4 is 14.8 Å². The molecule has 4 atom stereocenters. The zero-order valence-corrected chi connectivity index (χ0v) is 31.4. The van der Waals surface area contributed by atoms with Crippen LogP contribution in [0.1, 0.15) is 61.8 Å². The van der Waals surface area contributed by atoms with Crippen LogP contribution in [0.25, 0.3) is 10.8 Å². The van der Waals surface area contributed by atoms with Crippen molar-refractivity contribution in [2.24, 2.45) is 5.92 Å². The summed E-state index contributed by atoms with van der Waals surface area (Å²) in [5.74, 6) is -0.290. The van der Waals surface area contributed by atoms with Gasteiger partial charge in [-0.1, -0.05) is 48.5 Å². The first-order chi connectivity index (χ1) is 24.8. The van der Waals surface area contributed by atoms with Gasteiger partial charge in [-0.2, -0.15) is 0 Å². The zero-order valence-electron chi connectivity index (χ0n) is 30.6. The van der Waals surface area contributed by atoms with Gasteiger partial charge in [-0.3, -0.25) is 9.52 Å². The molecule has 1 aliphatic rings. The molecule has 52 heavy (non-hydrogen) atoms. The van der Waals surface area contributed by atoms with Crippen LogP contribution in [0.3, 0.4) is 0 Å². The number of aryl methyl sites for hydroxylation is 2. The van der Waals surface area contributed by atoms with E-state index in [-0.39, 0.29) is 65.3 Å². The van der Waals surface area contributed by atoms with Crippen LogP contribution in [-0.4, -0.2) is 92.0 Å². The number of urea groups is 1. The molecule has 13 nitrogen and oxygen atoms in total. The number of nitrogens with one attached hydrogen (secondary N) is 2. The third kappa shape index (κ3) is 9.03. The van der Waals surface area contributed by atoms with Crippen LogP contribution in [0.2, 0.25) is 0 Å². The van der Waals surface area contributed by atoms with Gasteiger partial charge in [-0.25, -0.2) is 13.2 Å². The number of amides is 3. The van der Waals surface area contributed by atoms with E-state index < -0.39 is 28.1 Å². The zero-order chi connectivity index (χ0) is 37.6. The third-order valence-electron chi connectivity index (χ3n) is 9.37. The number of carbonyl (C=O) groups excluding carboxylic acids is 2. The van der Waals surface area contributed by atoms with Crippen LogP contribution in [0.15, 0.2) is 70.1 Å². The summed E-state index contributed by atoms with van der Waals surface area (Å²) in [4.78, 5) is 31.0. The van der Waals surface area contributed by atoms with Crippen LogP contribution in [0.5, 0.6) is 5.75 Å². The lowest BCUT2D eigenvalue weighted by molar-refractivity contribution is -0.0115. The first-order valence-corrected chi connectivity index (χ1v) is 19.1. The van der Waals surface area contributed by atoms with E-state index in [0.29, 0.717) is 24.5 Å². The van der Waals surface area contributed by atoms with Crippen molar-refractivity contribution in [2.75, 3.05) is 43.4 Å². The van der Waals surface area contributed by atoms with Crippen molar-refractivity contribution in [3.05, 3.63) is 77.7 Å². The molecule has 1 aliphatic heterocycles. The Balaban J connectivity index is 1.41. The van der Waals surface area contributed by atoms with Gasteiger partial charge in [0.15, 0.2) is 10.7 Å². The van der Waals surface area contributed by atoms with Gasteiger partial charge in [-0.05, 0) is 76.6 Å². The number of fused-ring (bicyclic) bond motifs is 2. The summed E-state index contributed by atoms with van der Waals surface area (Å²) in [7, 11) is -2.39. The normalized spacial score (nSPS) is 19.6. The predicted molar refractivity (Wildman–Crippen MR) is 199 cm³/mol. The molecule has 5 rings (SSSR count). The molecule has 3 aromatic carbocycles. The van der Waals surface area contributed by atoms with Crippen LogP contribution in [-0.2, 0) is 14.8 Å². The van der Waals surface area contributed by atoms with Gasteiger partial charge in [-0.15, -0.1) is 0 Å². The molecular weight excluding hydrogens is 687 g/mol. The number of nitrogens with zero attached hydrogens (tertiary/aromatic N) is 3. The monoisotopic (exact) mass is 735 g/mol. The maximum atomic E-state index is 14.5. The predicted octanol–water partition coefficient (Wildman–Crippen LogP) is 6.20. The van der Waals surface area contributed by atoms with Crippen molar-refractivity contribution in [3.8, 4) is 5.75 Å². The van der Waals surface area contributed by atoms with Gasteiger partial charge < -0.3 is 34.2 Å². The number of rotatable bonds is 8. The molecule has 3 N–H and O–H groups in total. The van der Waals surface area contributed by atoms with E-state index >= 15 is 0 Å². The lowest BCUT2D eigenvalue weighted by Gasteiger charge is -2.35. The minimum Gasteiger partial charge on any atom is -0.490 e. The highest BCUT2D eigenvalue weighted by molar-refractivity contribution is 7.92. The second kappa shape index (κ2) is 16.8. The topological polar surface area (TPSA) is 164 Å². The van der Waals surface area contributed by atoms with Crippen LogP contribution >= 0.6 is 0 Å². The Morgan fingerprint density at radius 2 is 1.85 bits per heavy atom. The minimum absolute atomic E-state index is 0.0741. The van der Waals surface area contributed by atoms with Crippen molar-refractivity contribution in [3.63, 3.8) is 0 Å². The summed E-state index contributed by atoms with van der Waals surface area (Å²) in [6, 6.07) is 17.3. The molecule has 2 heterocycles. The standard InChI is InChI=1S/C38H49N5O8S/c1-24-21-43(25(2)23-44)37(45)32-20-30(41-52(47,48)36-27(4)40-51-28(36)5)17-18-34(32)50-26(3)12-9-10-19-49-35(24)22-42(6)38(46)39-33-16-11-14-29-13-7-8-15-31(29)33/h7-8,11,13-18,20,24-26,35,41,44H,9-10,12,19,21-23H2,1-6H3,(H,39,46)/t24-,25+,26+,35+/m0/s1. The Kier molecular flexibility index (Phi) is 12.4. The number of hydrogen-bond acceptors (Lipinski definition) is 9. The molecule has 0 aliphatic carbocycles. The fourth-order valence-corrected chi connectivity index (χ4v) is 7.79. The lowest BCUT2D eigenvalue weighted by atomic mass is 10.0. The van der Waals surface area contributed by atoms with Crippen LogP contribution in [0, 0.1) is 19.8 Å². The maximum absolute atomic E-state index is 14.5. The van der Waals surface area contributed by atoms with E-state index in [1.807, 2.05) is 56.3 Å². The summed E-state index contributed by atoms with van der Waals surface area (Å²) in [5, 5.41) is 19.0. The van der Waals surface area contributed by atoms with E-state index in [2.05, 4.69) is 15.2 Å². The largest absolute Gasteiger partial charge is 0.490 e. The molecule has 0 spiro atoms. The average Bonchev–Trinajstić information content (AvgIpc) is 3.47. The fraction of sp³-hybridized carbons (Fsp3) is 0.447. The van der Waals surface area contributed by atoms with Gasteiger partial charge >= 0.3 is 6.03 Å². The number of carbonyl (C=O) groups is 2. The number of anilines is 2. The Morgan fingerprint density at radius 3 is 2.58 bits per heavy atom. The number of aliphatic hydroxyl groups is 1. The quantitative estimate of drug-likeness (QED) is 0.191. The molecule has 0 fully saturated rings. The Hall–Kier alpha value is -4.66. The number of aromatic nitrogens is 1. The van der Waals surface area contributed by atoms with Crippen molar-refractivity contribution in [1.82, 2.24) is 15.0 Å². The first kappa shape index (κ1) is 38.6. The molecular formula is C38H49N5O8S. The lowest BCUT2D eigenvalue weighted by Crippen LogP contribution is -2.48. The summed E-state index contributed by atoms with van der Waals surface area (Å²) in [6.45, 7) is 9.21. The van der Waals surface area contributed by atoms with Crippen molar-refractivity contribution in [1.29, 1.82) is 0 Å².